The Morgan fingerprint density at radius 1 is 1.04 bits per heavy atom. The molecule has 5 nitrogen and oxygen atoms in total. The molecule has 2 aromatic rings. The lowest BCUT2D eigenvalue weighted by Gasteiger charge is -2.26. The molecule has 3 N–H and O–H groups in total. The van der Waals surface area contributed by atoms with Crippen molar-refractivity contribution in [1.82, 2.24) is 5.32 Å². The zero-order chi connectivity index (χ0) is 20.1. The van der Waals surface area contributed by atoms with Gasteiger partial charge in [-0.2, -0.15) is 0 Å². The fourth-order valence-electron chi connectivity index (χ4n) is 3.72. The maximum atomic E-state index is 12.6. The first-order valence-electron chi connectivity index (χ1n) is 9.52. The number of benzene rings is 2. The van der Waals surface area contributed by atoms with E-state index in [4.69, 9.17) is 11.6 Å². The highest BCUT2D eigenvalue weighted by Crippen LogP contribution is 2.30. The van der Waals surface area contributed by atoms with Gasteiger partial charge in [-0.15, -0.1) is 0 Å². The van der Waals surface area contributed by atoms with Crippen LogP contribution < -0.4 is 5.32 Å². The number of aliphatic hydroxyl groups is 1. The summed E-state index contributed by atoms with van der Waals surface area (Å²) in [4.78, 5) is 24.2. The molecule has 0 saturated heterocycles. The third kappa shape index (κ3) is 4.72. The molecular weight excluding hydrogens is 378 g/mol. The van der Waals surface area contributed by atoms with Crippen molar-refractivity contribution < 1.29 is 19.8 Å². The first-order valence-corrected chi connectivity index (χ1v) is 9.90. The lowest BCUT2D eigenvalue weighted by Crippen LogP contribution is -2.42. The fraction of sp³-hybridized carbons (Fsp3) is 0.364. The van der Waals surface area contributed by atoms with Gasteiger partial charge >= 0.3 is 5.97 Å². The third-order valence-electron chi connectivity index (χ3n) is 5.28. The molecule has 1 aliphatic rings. The summed E-state index contributed by atoms with van der Waals surface area (Å²) in [6, 6.07) is 11.6. The number of amides is 1. The number of hydrogen-bond donors (Lipinski definition) is 3. The van der Waals surface area contributed by atoms with Gasteiger partial charge in [0.2, 0.25) is 0 Å². The van der Waals surface area contributed by atoms with Crippen molar-refractivity contribution in [3.63, 3.8) is 0 Å². The second-order valence-electron chi connectivity index (χ2n) is 7.37. The van der Waals surface area contributed by atoms with E-state index in [0.717, 1.165) is 25.7 Å². The molecule has 0 aromatic heterocycles. The summed E-state index contributed by atoms with van der Waals surface area (Å²) in [6.45, 7) is 0.216. The summed E-state index contributed by atoms with van der Waals surface area (Å²) in [5.41, 5.74) is 0.617. The molecule has 0 radical (unpaired) electrons. The van der Waals surface area contributed by atoms with Gasteiger partial charge in [-0.25, -0.2) is 4.79 Å². The molecule has 1 aliphatic carbocycles. The van der Waals surface area contributed by atoms with E-state index in [1.54, 1.807) is 36.4 Å². The van der Waals surface area contributed by atoms with Crippen molar-refractivity contribution in [2.45, 2.75) is 44.1 Å². The maximum absolute atomic E-state index is 12.6. The number of hydrogen-bond acceptors (Lipinski definition) is 3. The van der Waals surface area contributed by atoms with E-state index < -0.39 is 11.6 Å². The number of carboxylic acid groups (broad SMARTS) is 1. The molecule has 0 bridgehead atoms. The summed E-state index contributed by atoms with van der Waals surface area (Å²) in [6.07, 6.45) is 5.55. The Bertz CT molecular complexity index is 873. The number of halogens is 1. The van der Waals surface area contributed by atoms with Crippen LogP contribution in [-0.4, -0.2) is 34.2 Å². The van der Waals surface area contributed by atoms with Crippen LogP contribution in [0.1, 0.15) is 59.2 Å². The van der Waals surface area contributed by atoms with Crippen molar-refractivity contribution >= 4 is 23.5 Å². The Hall–Kier alpha value is -2.37. The molecule has 28 heavy (non-hydrogen) atoms. The largest absolute Gasteiger partial charge is 0.478 e. The quantitative estimate of drug-likeness (QED) is 0.643. The van der Waals surface area contributed by atoms with Crippen LogP contribution in [0, 0.1) is 0 Å². The number of nitrogens with one attached hydrogen (secondary N) is 1. The van der Waals surface area contributed by atoms with Crippen molar-refractivity contribution in [3.8, 4) is 11.1 Å². The second-order valence-corrected chi connectivity index (χ2v) is 7.78. The monoisotopic (exact) mass is 401 g/mol. The predicted molar refractivity (Wildman–Crippen MR) is 109 cm³/mol. The molecule has 1 saturated carbocycles. The Labute approximate surface area is 169 Å². The minimum absolute atomic E-state index is 0.00879. The van der Waals surface area contributed by atoms with Crippen LogP contribution in [0.4, 0.5) is 0 Å². The number of carbonyl (C=O) groups is 2. The average Bonchev–Trinajstić information content (AvgIpc) is 2.90. The molecule has 1 amide bonds. The molecule has 0 heterocycles. The van der Waals surface area contributed by atoms with E-state index in [0.29, 0.717) is 29.5 Å². The highest BCUT2D eigenvalue weighted by atomic mass is 35.5. The molecule has 0 spiro atoms. The van der Waals surface area contributed by atoms with Crippen LogP contribution in [0.5, 0.6) is 0 Å². The van der Waals surface area contributed by atoms with E-state index in [1.165, 1.54) is 6.07 Å². The summed E-state index contributed by atoms with van der Waals surface area (Å²) in [5, 5.41) is 23.2. The van der Waals surface area contributed by atoms with Gasteiger partial charge in [-0.3, -0.25) is 4.79 Å². The summed E-state index contributed by atoms with van der Waals surface area (Å²) >= 11 is 6.05. The lowest BCUT2D eigenvalue weighted by molar-refractivity contribution is 0.0246. The highest BCUT2D eigenvalue weighted by Gasteiger charge is 2.28. The van der Waals surface area contributed by atoms with E-state index in [2.05, 4.69) is 5.32 Å². The molecule has 0 aliphatic heterocycles. The minimum atomic E-state index is -1.12. The second kappa shape index (κ2) is 8.76. The zero-order valence-corrected chi connectivity index (χ0v) is 16.3. The number of carbonyl (C=O) groups excluding carboxylic acids is 1. The van der Waals surface area contributed by atoms with Crippen LogP contribution >= 0.6 is 11.6 Å². The van der Waals surface area contributed by atoms with E-state index in [1.807, 2.05) is 0 Å². The smallest absolute Gasteiger partial charge is 0.337 e. The van der Waals surface area contributed by atoms with Crippen molar-refractivity contribution in [2.24, 2.45) is 0 Å². The van der Waals surface area contributed by atoms with Gasteiger partial charge in [0.05, 0.1) is 16.2 Å². The summed E-state index contributed by atoms with van der Waals surface area (Å²) in [7, 11) is 0. The third-order valence-corrected chi connectivity index (χ3v) is 5.59. The first kappa shape index (κ1) is 20.4. The van der Waals surface area contributed by atoms with Crippen molar-refractivity contribution in [1.29, 1.82) is 0 Å². The van der Waals surface area contributed by atoms with Gasteiger partial charge in [-0.05, 0) is 42.2 Å². The number of carboxylic acids is 1. The molecule has 0 atom stereocenters. The molecular formula is C22H24ClNO4. The predicted octanol–water partition coefficient (Wildman–Crippen LogP) is 4.52. The van der Waals surface area contributed by atoms with Gasteiger partial charge in [0.1, 0.15) is 0 Å². The van der Waals surface area contributed by atoms with Crippen LogP contribution in [-0.2, 0) is 0 Å². The van der Waals surface area contributed by atoms with Gasteiger partial charge in [0, 0.05) is 12.1 Å². The summed E-state index contributed by atoms with van der Waals surface area (Å²) < 4.78 is 0. The molecule has 148 valence electrons. The molecule has 6 heteroatoms. The maximum Gasteiger partial charge on any atom is 0.337 e. The fourth-order valence-corrected chi connectivity index (χ4v) is 3.98. The SMILES string of the molecule is O=C(NCC1(O)CCCCCC1)c1cccc(-c2cccc(Cl)c2C(=O)O)c1. The van der Waals surface area contributed by atoms with Gasteiger partial charge in [-0.1, -0.05) is 61.5 Å². The molecule has 1 fully saturated rings. The van der Waals surface area contributed by atoms with Gasteiger partial charge in [0.15, 0.2) is 0 Å². The van der Waals surface area contributed by atoms with Crippen LogP contribution in [0.3, 0.4) is 0 Å². The lowest BCUT2D eigenvalue weighted by atomic mass is 9.94. The van der Waals surface area contributed by atoms with E-state index in [-0.39, 0.29) is 23.0 Å². The molecule has 2 aromatic carbocycles. The van der Waals surface area contributed by atoms with E-state index >= 15 is 0 Å². The van der Waals surface area contributed by atoms with E-state index in [9.17, 15) is 19.8 Å². The normalized spacial score (nSPS) is 16.2. The first-order chi connectivity index (χ1) is 13.4. The Balaban J connectivity index is 1.79. The Morgan fingerprint density at radius 2 is 1.71 bits per heavy atom. The highest BCUT2D eigenvalue weighted by molar-refractivity contribution is 6.34. The Kier molecular flexibility index (Phi) is 6.37. The summed E-state index contributed by atoms with van der Waals surface area (Å²) in [5.74, 6) is -1.41. The van der Waals surface area contributed by atoms with Crippen molar-refractivity contribution in [3.05, 3.63) is 58.6 Å². The number of aromatic carboxylic acids is 1. The molecule has 3 rings (SSSR count). The van der Waals surface area contributed by atoms with Crippen LogP contribution in [0.15, 0.2) is 42.5 Å². The Morgan fingerprint density at radius 3 is 2.39 bits per heavy atom. The standard InChI is InChI=1S/C22H24ClNO4/c23-18-10-6-9-17(19(18)21(26)27)15-7-5-8-16(13-15)20(25)24-14-22(28)11-3-1-2-4-12-22/h5-10,13,28H,1-4,11-12,14H2,(H,24,25)(H,26,27). The zero-order valence-electron chi connectivity index (χ0n) is 15.6. The van der Waals surface area contributed by atoms with Crippen LogP contribution in [0.25, 0.3) is 11.1 Å². The topological polar surface area (TPSA) is 86.6 Å². The van der Waals surface area contributed by atoms with Crippen LogP contribution in [0.2, 0.25) is 5.02 Å². The number of rotatable bonds is 5. The average molecular weight is 402 g/mol. The molecule has 0 unspecified atom stereocenters. The van der Waals surface area contributed by atoms with Gasteiger partial charge < -0.3 is 15.5 Å². The van der Waals surface area contributed by atoms with Crippen molar-refractivity contribution in [2.75, 3.05) is 6.54 Å². The van der Waals surface area contributed by atoms with Gasteiger partial charge in [0.25, 0.3) is 5.91 Å². The minimum Gasteiger partial charge on any atom is -0.478 e.